The predicted octanol–water partition coefficient (Wildman–Crippen LogP) is 3.92. The summed E-state index contributed by atoms with van der Waals surface area (Å²) in [5.74, 6) is -0.0243. The monoisotopic (exact) mass is 346 g/mol. The lowest BCUT2D eigenvalue weighted by Gasteiger charge is -2.20. The number of nitrogen functional groups attached to an aromatic ring is 1. The minimum atomic E-state index is -0.0243. The van der Waals surface area contributed by atoms with Gasteiger partial charge in [0.2, 0.25) is 0 Å². The van der Waals surface area contributed by atoms with Gasteiger partial charge in [-0.2, -0.15) is 0 Å². The van der Waals surface area contributed by atoms with Crippen molar-refractivity contribution in [2.24, 2.45) is 0 Å². The fourth-order valence-electron chi connectivity index (χ4n) is 2.24. The van der Waals surface area contributed by atoms with Crippen LogP contribution in [0.25, 0.3) is 0 Å². The summed E-state index contributed by atoms with van der Waals surface area (Å²) >= 11 is 3.39. The first-order valence-corrected chi connectivity index (χ1v) is 7.55. The van der Waals surface area contributed by atoms with E-state index >= 15 is 0 Å². The van der Waals surface area contributed by atoms with Crippen LogP contribution in [0.4, 0.5) is 5.69 Å². The van der Waals surface area contributed by atoms with Crippen LogP contribution < -0.4 is 5.73 Å². The summed E-state index contributed by atoms with van der Waals surface area (Å²) in [7, 11) is 1.81. The summed E-state index contributed by atoms with van der Waals surface area (Å²) < 4.78 is 0.818. The Bertz CT molecular complexity index is 682. The first-order valence-electron chi connectivity index (χ1n) is 6.75. The Labute approximate surface area is 133 Å². The fourth-order valence-corrected chi connectivity index (χ4v) is 2.72. The summed E-state index contributed by atoms with van der Waals surface area (Å²) in [4.78, 5) is 14.4. The molecule has 0 aliphatic rings. The smallest absolute Gasteiger partial charge is 0.254 e. The van der Waals surface area contributed by atoms with Crippen LogP contribution in [0.3, 0.4) is 0 Å². The van der Waals surface area contributed by atoms with Crippen molar-refractivity contribution in [1.29, 1.82) is 0 Å². The molecule has 0 radical (unpaired) electrons. The largest absolute Gasteiger partial charge is 0.398 e. The van der Waals surface area contributed by atoms with Gasteiger partial charge in [-0.1, -0.05) is 40.2 Å². The number of aryl methyl sites for hydroxylation is 1. The van der Waals surface area contributed by atoms with Crippen LogP contribution in [0.15, 0.2) is 40.9 Å². The van der Waals surface area contributed by atoms with Gasteiger partial charge >= 0.3 is 0 Å². The Hall–Kier alpha value is -1.81. The number of nitrogens with two attached hydrogens (primary N) is 1. The molecule has 21 heavy (non-hydrogen) atoms. The second-order valence-corrected chi connectivity index (χ2v) is 6.17. The highest BCUT2D eigenvalue weighted by Gasteiger charge is 2.17. The number of halogens is 1. The SMILES string of the molecule is Cc1ccccc1CN(C)C(=O)c1cc(Br)cc(N)c1C. The maximum absolute atomic E-state index is 12.6. The third-order valence-corrected chi connectivity index (χ3v) is 4.12. The molecule has 1 amide bonds. The maximum Gasteiger partial charge on any atom is 0.254 e. The number of hydrogen-bond acceptors (Lipinski definition) is 2. The fraction of sp³-hybridized carbons (Fsp3) is 0.235. The second kappa shape index (κ2) is 6.31. The van der Waals surface area contributed by atoms with Gasteiger partial charge < -0.3 is 10.6 Å². The van der Waals surface area contributed by atoms with Crippen molar-refractivity contribution >= 4 is 27.5 Å². The molecule has 0 unspecified atom stereocenters. The molecule has 3 nitrogen and oxygen atoms in total. The maximum atomic E-state index is 12.6. The molecule has 2 rings (SSSR count). The van der Waals surface area contributed by atoms with Crippen molar-refractivity contribution in [2.45, 2.75) is 20.4 Å². The summed E-state index contributed by atoms with van der Waals surface area (Å²) in [5, 5.41) is 0. The quantitative estimate of drug-likeness (QED) is 0.856. The lowest BCUT2D eigenvalue weighted by Crippen LogP contribution is -2.27. The molecule has 0 aliphatic heterocycles. The second-order valence-electron chi connectivity index (χ2n) is 5.26. The number of hydrogen-bond donors (Lipinski definition) is 1. The molecular formula is C17H19BrN2O. The van der Waals surface area contributed by atoms with E-state index in [0.29, 0.717) is 17.8 Å². The van der Waals surface area contributed by atoms with Gasteiger partial charge in [-0.25, -0.2) is 0 Å². The van der Waals surface area contributed by atoms with E-state index in [4.69, 9.17) is 5.73 Å². The number of anilines is 1. The van der Waals surface area contributed by atoms with Crippen molar-refractivity contribution < 1.29 is 4.79 Å². The molecule has 0 aromatic heterocycles. The molecule has 4 heteroatoms. The average Bonchev–Trinajstić information content (AvgIpc) is 2.44. The Kier molecular flexibility index (Phi) is 4.68. The van der Waals surface area contributed by atoms with Gasteiger partial charge in [-0.05, 0) is 42.7 Å². The molecule has 2 aromatic rings. The van der Waals surface area contributed by atoms with Crippen LogP contribution in [0.2, 0.25) is 0 Å². The highest BCUT2D eigenvalue weighted by atomic mass is 79.9. The highest BCUT2D eigenvalue weighted by Crippen LogP contribution is 2.24. The van der Waals surface area contributed by atoms with E-state index in [1.807, 2.05) is 44.3 Å². The lowest BCUT2D eigenvalue weighted by atomic mass is 10.0. The third kappa shape index (κ3) is 3.45. The minimum Gasteiger partial charge on any atom is -0.398 e. The van der Waals surface area contributed by atoms with Gasteiger partial charge in [0, 0.05) is 29.3 Å². The molecule has 0 bridgehead atoms. The van der Waals surface area contributed by atoms with E-state index in [9.17, 15) is 4.79 Å². The molecule has 0 saturated carbocycles. The van der Waals surface area contributed by atoms with Crippen molar-refractivity contribution in [3.05, 3.63) is 63.1 Å². The van der Waals surface area contributed by atoms with Gasteiger partial charge in [0.25, 0.3) is 5.91 Å². The van der Waals surface area contributed by atoms with Gasteiger partial charge in [-0.3, -0.25) is 4.79 Å². The van der Waals surface area contributed by atoms with E-state index in [0.717, 1.165) is 15.6 Å². The van der Waals surface area contributed by atoms with Crippen LogP contribution in [-0.4, -0.2) is 17.9 Å². The lowest BCUT2D eigenvalue weighted by molar-refractivity contribution is 0.0784. The predicted molar refractivity (Wildman–Crippen MR) is 90.3 cm³/mol. The van der Waals surface area contributed by atoms with E-state index in [1.165, 1.54) is 5.56 Å². The zero-order valence-electron chi connectivity index (χ0n) is 12.5. The van der Waals surface area contributed by atoms with Gasteiger partial charge in [0.05, 0.1) is 0 Å². The van der Waals surface area contributed by atoms with Crippen molar-refractivity contribution in [3.8, 4) is 0 Å². The average molecular weight is 347 g/mol. The zero-order chi connectivity index (χ0) is 15.6. The Morgan fingerprint density at radius 2 is 1.90 bits per heavy atom. The van der Waals surface area contributed by atoms with Crippen LogP contribution in [-0.2, 0) is 6.54 Å². The van der Waals surface area contributed by atoms with E-state index in [2.05, 4.69) is 28.9 Å². The number of carbonyl (C=O) groups excluding carboxylic acids is 1. The summed E-state index contributed by atoms with van der Waals surface area (Å²) in [5.41, 5.74) is 10.3. The number of amides is 1. The highest BCUT2D eigenvalue weighted by molar-refractivity contribution is 9.10. The Balaban J connectivity index is 2.26. The Morgan fingerprint density at radius 1 is 1.24 bits per heavy atom. The first kappa shape index (κ1) is 15.6. The number of carbonyl (C=O) groups is 1. The van der Waals surface area contributed by atoms with Gasteiger partial charge in [0.1, 0.15) is 0 Å². The Morgan fingerprint density at radius 3 is 2.57 bits per heavy atom. The van der Waals surface area contributed by atoms with Gasteiger partial charge in [0.15, 0.2) is 0 Å². The van der Waals surface area contributed by atoms with E-state index < -0.39 is 0 Å². The third-order valence-electron chi connectivity index (χ3n) is 3.66. The van der Waals surface area contributed by atoms with Crippen molar-refractivity contribution in [2.75, 3.05) is 12.8 Å². The minimum absolute atomic E-state index is 0.0243. The van der Waals surface area contributed by atoms with E-state index in [1.54, 1.807) is 4.90 Å². The van der Waals surface area contributed by atoms with Crippen molar-refractivity contribution in [3.63, 3.8) is 0 Å². The van der Waals surface area contributed by atoms with Crippen LogP contribution >= 0.6 is 15.9 Å². The van der Waals surface area contributed by atoms with Crippen LogP contribution in [0, 0.1) is 13.8 Å². The molecule has 0 fully saturated rings. The molecule has 0 atom stereocenters. The molecule has 0 saturated heterocycles. The van der Waals surface area contributed by atoms with Crippen LogP contribution in [0.5, 0.6) is 0 Å². The number of nitrogens with zero attached hydrogens (tertiary/aromatic N) is 1. The number of benzene rings is 2. The molecule has 0 aliphatic carbocycles. The van der Waals surface area contributed by atoms with Crippen molar-refractivity contribution in [1.82, 2.24) is 4.90 Å². The van der Waals surface area contributed by atoms with E-state index in [-0.39, 0.29) is 5.91 Å². The molecule has 0 spiro atoms. The molecular weight excluding hydrogens is 328 g/mol. The standard InChI is InChI=1S/C17H19BrN2O/c1-11-6-4-5-7-13(11)10-20(3)17(21)15-8-14(18)9-16(19)12(15)2/h4-9H,10,19H2,1-3H3. The van der Waals surface area contributed by atoms with Gasteiger partial charge in [-0.15, -0.1) is 0 Å². The normalized spacial score (nSPS) is 10.5. The molecule has 0 heterocycles. The topological polar surface area (TPSA) is 46.3 Å². The zero-order valence-corrected chi connectivity index (χ0v) is 14.1. The van der Waals surface area contributed by atoms with Crippen LogP contribution in [0.1, 0.15) is 27.0 Å². The molecule has 2 aromatic carbocycles. The summed E-state index contributed by atoms with van der Waals surface area (Å²) in [6.07, 6.45) is 0. The summed E-state index contributed by atoms with van der Waals surface area (Å²) in [6, 6.07) is 11.7. The summed E-state index contributed by atoms with van der Waals surface area (Å²) in [6.45, 7) is 4.50. The molecule has 110 valence electrons. The molecule has 2 N–H and O–H groups in total. The number of rotatable bonds is 3. The first-order chi connectivity index (χ1) is 9.90.